The van der Waals surface area contributed by atoms with E-state index in [4.69, 9.17) is 0 Å². The van der Waals surface area contributed by atoms with Crippen molar-refractivity contribution in [2.75, 3.05) is 6.54 Å². The lowest BCUT2D eigenvalue weighted by Crippen LogP contribution is -2.44. The van der Waals surface area contributed by atoms with Gasteiger partial charge in [-0.2, -0.15) is 0 Å². The zero-order valence-electron chi connectivity index (χ0n) is 11.4. The second kappa shape index (κ2) is 9.15. The van der Waals surface area contributed by atoms with Gasteiger partial charge in [-0.25, -0.2) is 0 Å². The van der Waals surface area contributed by atoms with Gasteiger partial charge in [-0.3, -0.25) is 4.79 Å². The second-order valence-corrected chi connectivity index (χ2v) is 5.31. The number of hydrogen-bond donors (Lipinski definition) is 2. The van der Waals surface area contributed by atoms with Crippen molar-refractivity contribution in [1.29, 1.82) is 0 Å². The van der Waals surface area contributed by atoms with Crippen LogP contribution in [0.25, 0.3) is 0 Å². The summed E-state index contributed by atoms with van der Waals surface area (Å²) in [6.45, 7) is 4.52. The van der Waals surface area contributed by atoms with Gasteiger partial charge in [0, 0.05) is 0 Å². The number of allylic oxidation sites excluding steroid dienone is 1. The molecular weight excluding hydrogens is 226 g/mol. The van der Waals surface area contributed by atoms with E-state index in [9.17, 15) is 9.90 Å². The fraction of sp³-hybridized carbons (Fsp3) is 0.800. The molecule has 0 heterocycles. The Bertz CT molecular complexity index is 247. The molecule has 0 aromatic heterocycles. The molecule has 0 saturated heterocycles. The molecule has 0 aromatic rings. The van der Waals surface area contributed by atoms with Crippen molar-refractivity contribution in [2.24, 2.45) is 5.92 Å². The van der Waals surface area contributed by atoms with Crippen LogP contribution in [0.3, 0.4) is 0 Å². The van der Waals surface area contributed by atoms with Crippen LogP contribution >= 0.6 is 0 Å². The van der Waals surface area contributed by atoms with Crippen LogP contribution in [0.2, 0.25) is 0 Å². The van der Waals surface area contributed by atoms with E-state index >= 15 is 0 Å². The van der Waals surface area contributed by atoms with Crippen molar-refractivity contribution in [1.82, 2.24) is 5.32 Å². The molecule has 3 heteroatoms. The third-order valence-electron chi connectivity index (χ3n) is 3.84. The molecule has 1 saturated carbocycles. The van der Waals surface area contributed by atoms with Crippen LogP contribution in [-0.2, 0) is 4.79 Å². The van der Waals surface area contributed by atoms with Gasteiger partial charge in [-0.05, 0) is 44.6 Å². The topological polar surface area (TPSA) is 49.3 Å². The number of rotatable bonds is 9. The second-order valence-electron chi connectivity index (χ2n) is 5.31. The van der Waals surface area contributed by atoms with Gasteiger partial charge in [0.2, 0.25) is 0 Å². The van der Waals surface area contributed by atoms with Gasteiger partial charge in [-0.1, -0.05) is 31.8 Å². The van der Waals surface area contributed by atoms with Crippen molar-refractivity contribution in [3.8, 4) is 0 Å². The Morgan fingerprint density at radius 3 is 2.61 bits per heavy atom. The van der Waals surface area contributed by atoms with Gasteiger partial charge < -0.3 is 10.4 Å². The quantitative estimate of drug-likeness (QED) is 0.489. The average molecular weight is 253 g/mol. The summed E-state index contributed by atoms with van der Waals surface area (Å²) in [4.78, 5) is 11.3. The first-order chi connectivity index (χ1) is 8.75. The molecule has 3 nitrogen and oxygen atoms in total. The highest BCUT2D eigenvalue weighted by molar-refractivity contribution is 5.73. The summed E-state index contributed by atoms with van der Waals surface area (Å²) in [5.74, 6) is -0.336. The Labute approximate surface area is 111 Å². The minimum absolute atomic E-state index is 0.329. The van der Waals surface area contributed by atoms with E-state index in [1.54, 1.807) is 0 Å². The molecule has 0 amide bonds. The summed E-state index contributed by atoms with van der Waals surface area (Å²) in [5, 5.41) is 12.5. The van der Waals surface area contributed by atoms with Crippen LogP contribution in [-0.4, -0.2) is 23.7 Å². The highest BCUT2D eigenvalue weighted by Crippen LogP contribution is 2.26. The maximum atomic E-state index is 11.3. The molecule has 0 spiro atoms. The van der Waals surface area contributed by atoms with Crippen LogP contribution in [0, 0.1) is 5.92 Å². The van der Waals surface area contributed by atoms with Gasteiger partial charge in [0.15, 0.2) is 0 Å². The highest BCUT2D eigenvalue weighted by atomic mass is 16.4. The summed E-state index contributed by atoms with van der Waals surface area (Å²) in [5.41, 5.74) is 0. The molecule has 0 aromatic carbocycles. The van der Waals surface area contributed by atoms with Crippen LogP contribution < -0.4 is 5.32 Å². The molecule has 2 N–H and O–H groups in total. The highest BCUT2D eigenvalue weighted by Gasteiger charge is 2.28. The Hall–Kier alpha value is -0.830. The van der Waals surface area contributed by atoms with E-state index in [0.717, 1.165) is 45.1 Å². The predicted molar refractivity (Wildman–Crippen MR) is 74.7 cm³/mol. The van der Waals surface area contributed by atoms with Crippen molar-refractivity contribution in [3.05, 3.63) is 12.7 Å². The maximum Gasteiger partial charge on any atom is 0.320 e. The number of hydrogen-bond acceptors (Lipinski definition) is 2. The first-order valence-corrected chi connectivity index (χ1v) is 7.32. The van der Waals surface area contributed by atoms with Crippen molar-refractivity contribution in [3.63, 3.8) is 0 Å². The monoisotopic (exact) mass is 253 g/mol. The summed E-state index contributed by atoms with van der Waals surface area (Å²) >= 11 is 0. The van der Waals surface area contributed by atoms with Crippen molar-refractivity contribution < 1.29 is 9.90 Å². The lowest BCUT2D eigenvalue weighted by atomic mass is 9.84. The molecule has 104 valence electrons. The fourth-order valence-electron chi connectivity index (χ4n) is 2.77. The van der Waals surface area contributed by atoms with E-state index < -0.39 is 5.97 Å². The molecule has 1 atom stereocenters. The largest absolute Gasteiger partial charge is 0.480 e. The smallest absolute Gasteiger partial charge is 0.320 e. The van der Waals surface area contributed by atoms with Crippen molar-refractivity contribution >= 4 is 5.97 Å². The number of unbranched alkanes of at least 4 members (excludes halogenated alkanes) is 3. The van der Waals surface area contributed by atoms with E-state index in [2.05, 4.69) is 11.9 Å². The van der Waals surface area contributed by atoms with Gasteiger partial charge >= 0.3 is 5.97 Å². The first-order valence-electron chi connectivity index (χ1n) is 7.32. The summed E-state index contributed by atoms with van der Waals surface area (Å²) in [6, 6.07) is -0.329. The molecule has 1 fully saturated rings. The lowest BCUT2D eigenvalue weighted by Gasteiger charge is -2.28. The molecule has 0 aliphatic heterocycles. The Kier molecular flexibility index (Phi) is 7.74. The Morgan fingerprint density at radius 2 is 2.00 bits per heavy atom. The lowest BCUT2D eigenvalue weighted by molar-refractivity contribution is -0.141. The molecule has 0 radical (unpaired) electrons. The predicted octanol–water partition coefficient (Wildman–Crippen LogP) is 3.36. The van der Waals surface area contributed by atoms with Crippen LogP contribution in [0.15, 0.2) is 12.7 Å². The third kappa shape index (κ3) is 5.67. The van der Waals surface area contributed by atoms with E-state index in [-0.39, 0.29) is 6.04 Å². The molecule has 0 bridgehead atoms. The minimum atomic E-state index is -0.673. The van der Waals surface area contributed by atoms with Crippen LogP contribution in [0.5, 0.6) is 0 Å². The number of carboxylic acid groups (broad SMARTS) is 1. The summed E-state index contributed by atoms with van der Waals surface area (Å²) in [6.07, 6.45) is 12.2. The number of carbonyl (C=O) groups is 1. The van der Waals surface area contributed by atoms with Crippen molar-refractivity contribution in [2.45, 2.75) is 63.8 Å². The summed E-state index contributed by atoms with van der Waals surface area (Å²) in [7, 11) is 0. The third-order valence-corrected chi connectivity index (χ3v) is 3.84. The number of nitrogens with one attached hydrogen (secondary N) is 1. The van der Waals surface area contributed by atoms with E-state index in [0.29, 0.717) is 5.92 Å². The van der Waals surface area contributed by atoms with E-state index in [1.165, 1.54) is 19.3 Å². The fourth-order valence-corrected chi connectivity index (χ4v) is 2.77. The van der Waals surface area contributed by atoms with Crippen LogP contribution in [0.4, 0.5) is 0 Å². The Morgan fingerprint density at radius 1 is 1.28 bits per heavy atom. The summed E-state index contributed by atoms with van der Waals surface area (Å²) < 4.78 is 0. The number of carboxylic acids is 1. The first kappa shape index (κ1) is 15.2. The average Bonchev–Trinajstić information content (AvgIpc) is 2.38. The van der Waals surface area contributed by atoms with Gasteiger partial charge in [0.25, 0.3) is 0 Å². The SMILES string of the molecule is C=CCCCCCN[C@H](C(=O)O)C1CCCCC1. The molecule has 1 aliphatic carbocycles. The molecule has 0 unspecified atom stereocenters. The van der Waals surface area contributed by atoms with Gasteiger partial charge in [0.1, 0.15) is 6.04 Å². The molecular formula is C15H27NO2. The Balaban J connectivity index is 2.21. The van der Waals surface area contributed by atoms with E-state index in [1.807, 2.05) is 6.08 Å². The molecule has 1 rings (SSSR count). The zero-order chi connectivity index (χ0) is 13.2. The van der Waals surface area contributed by atoms with Gasteiger partial charge in [-0.15, -0.1) is 6.58 Å². The number of aliphatic carboxylic acids is 1. The minimum Gasteiger partial charge on any atom is -0.480 e. The zero-order valence-corrected chi connectivity index (χ0v) is 11.4. The molecule has 1 aliphatic rings. The molecule has 18 heavy (non-hydrogen) atoms. The maximum absolute atomic E-state index is 11.3. The van der Waals surface area contributed by atoms with Gasteiger partial charge in [0.05, 0.1) is 0 Å². The standard InChI is InChI=1S/C15H27NO2/c1-2-3-4-5-9-12-16-14(15(17)18)13-10-7-6-8-11-13/h2,13-14,16H,1,3-12H2,(H,17,18)/t14-/m0/s1. The normalized spacial score (nSPS) is 18.4. The van der Waals surface area contributed by atoms with Crippen LogP contribution in [0.1, 0.15) is 57.8 Å².